The van der Waals surface area contributed by atoms with Gasteiger partial charge in [0.15, 0.2) is 0 Å². The largest absolute Gasteiger partial charge is 0.494 e. The first-order valence-corrected chi connectivity index (χ1v) is 8.73. The number of rotatable bonds is 5. The van der Waals surface area contributed by atoms with E-state index in [2.05, 4.69) is 10.6 Å². The Hall–Kier alpha value is -3.02. The molecule has 0 aromatic heterocycles. The van der Waals surface area contributed by atoms with Gasteiger partial charge in [0.2, 0.25) is 5.91 Å². The van der Waals surface area contributed by atoms with Gasteiger partial charge in [-0.05, 0) is 49.7 Å². The van der Waals surface area contributed by atoms with Crippen molar-refractivity contribution in [1.29, 1.82) is 0 Å². The third-order valence-electron chi connectivity index (χ3n) is 4.31. The van der Waals surface area contributed by atoms with Crippen LogP contribution in [0, 0.1) is 6.92 Å². The Morgan fingerprint density at radius 2 is 1.92 bits per heavy atom. The van der Waals surface area contributed by atoms with Crippen molar-refractivity contribution >= 4 is 23.3 Å². The molecule has 6 heteroatoms. The molecule has 2 N–H and O–H groups in total. The van der Waals surface area contributed by atoms with E-state index in [9.17, 15) is 9.59 Å². The normalized spacial score (nSPS) is 16.5. The van der Waals surface area contributed by atoms with E-state index in [0.717, 1.165) is 22.7 Å². The van der Waals surface area contributed by atoms with E-state index in [1.165, 1.54) is 0 Å². The monoisotopic (exact) mass is 353 g/mol. The predicted molar refractivity (Wildman–Crippen MR) is 102 cm³/mol. The molecular formula is C20H23N3O3. The van der Waals surface area contributed by atoms with E-state index in [4.69, 9.17) is 4.74 Å². The molecule has 1 heterocycles. The molecule has 0 saturated carbocycles. The molecule has 1 saturated heterocycles. The zero-order chi connectivity index (χ0) is 18.5. The molecule has 6 nitrogen and oxygen atoms in total. The van der Waals surface area contributed by atoms with E-state index in [1.54, 1.807) is 4.90 Å². The van der Waals surface area contributed by atoms with E-state index in [0.29, 0.717) is 13.2 Å². The quantitative estimate of drug-likeness (QED) is 0.866. The molecule has 26 heavy (non-hydrogen) atoms. The third kappa shape index (κ3) is 4.14. The Morgan fingerprint density at radius 1 is 1.19 bits per heavy atom. The minimum atomic E-state index is -0.300. The maximum absolute atomic E-state index is 12.3. The summed E-state index contributed by atoms with van der Waals surface area (Å²) in [6.45, 7) is 4.91. The fourth-order valence-electron chi connectivity index (χ4n) is 3.00. The molecule has 0 radical (unpaired) electrons. The van der Waals surface area contributed by atoms with Crippen molar-refractivity contribution in [2.45, 2.75) is 26.3 Å². The van der Waals surface area contributed by atoms with Gasteiger partial charge >= 0.3 is 6.03 Å². The van der Waals surface area contributed by atoms with Crippen LogP contribution in [0.4, 0.5) is 16.2 Å². The van der Waals surface area contributed by atoms with Crippen LogP contribution in [0.15, 0.2) is 48.5 Å². The molecule has 3 amide bonds. The third-order valence-corrected chi connectivity index (χ3v) is 4.31. The van der Waals surface area contributed by atoms with Gasteiger partial charge in [-0.3, -0.25) is 4.79 Å². The fourth-order valence-corrected chi connectivity index (χ4v) is 3.00. The zero-order valence-corrected chi connectivity index (χ0v) is 15.0. The maximum Gasteiger partial charge on any atom is 0.319 e. The number of nitrogens with zero attached hydrogens (tertiary/aromatic N) is 1. The van der Waals surface area contributed by atoms with Gasteiger partial charge in [-0.1, -0.05) is 18.2 Å². The maximum atomic E-state index is 12.3. The topological polar surface area (TPSA) is 70.7 Å². The van der Waals surface area contributed by atoms with Crippen molar-refractivity contribution in [3.63, 3.8) is 0 Å². The smallest absolute Gasteiger partial charge is 0.319 e. The van der Waals surface area contributed by atoms with Crippen LogP contribution in [0.2, 0.25) is 0 Å². The standard InChI is InChI=1S/C20H23N3O3/c1-3-26-17-10-8-16(9-11-17)23-13-15(12-19(23)24)21-20(25)22-18-7-5-4-6-14(18)2/h4-11,15H,3,12-13H2,1-2H3,(H2,21,22,25)/t15-/m0/s1. The Bertz CT molecular complexity index is 789. The van der Waals surface area contributed by atoms with Crippen LogP contribution < -0.4 is 20.3 Å². The first kappa shape index (κ1) is 17.8. The average molecular weight is 353 g/mol. The number of benzene rings is 2. The van der Waals surface area contributed by atoms with Crippen LogP contribution in [0.25, 0.3) is 0 Å². The summed E-state index contributed by atoms with van der Waals surface area (Å²) in [5.74, 6) is 0.769. The first-order valence-electron chi connectivity index (χ1n) is 8.73. The number of hydrogen-bond acceptors (Lipinski definition) is 3. The number of hydrogen-bond donors (Lipinski definition) is 2. The summed E-state index contributed by atoms with van der Waals surface area (Å²) in [4.78, 5) is 26.2. The molecule has 1 fully saturated rings. The highest BCUT2D eigenvalue weighted by atomic mass is 16.5. The lowest BCUT2D eigenvalue weighted by Gasteiger charge is -2.18. The minimum absolute atomic E-state index is 0.00430. The molecule has 3 rings (SSSR count). The molecule has 136 valence electrons. The number of aryl methyl sites for hydroxylation is 1. The molecular weight excluding hydrogens is 330 g/mol. The van der Waals surface area contributed by atoms with Crippen LogP contribution in [0.3, 0.4) is 0 Å². The van der Waals surface area contributed by atoms with Crippen molar-refractivity contribution in [2.24, 2.45) is 0 Å². The molecule has 1 aliphatic heterocycles. The van der Waals surface area contributed by atoms with Crippen molar-refractivity contribution in [1.82, 2.24) is 5.32 Å². The number of para-hydroxylation sites is 1. The summed E-state index contributed by atoms with van der Waals surface area (Å²) < 4.78 is 5.42. The number of urea groups is 1. The van der Waals surface area contributed by atoms with E-state index < -0.39 is 0 Å². The summed E-state index contributed by atoms with van der Waals surface area (Å²) in [5.41, 5.74) is 2.56. The van der Waals surface area contributed by atoms with Gasteiger partial charge in [0.25, 0.3) is 0 Å². The van der Waals surface area contributed by atoms with Crippen LogP contribution >= 0.6 is 0 Å². The van der Waals surface area contributed by atoms with Crippen molar-refractivity contribution < 1.29 is 14.3 Å². The van der Waals surface area contributed by atoms with Crippen molar-refractivity contribution in [2.75, 3.05) is 23.4 Å². The van der Waals surface area contributed by atoms with Gasteiger partial charge in [-0.25, -0.2) is 4.79 Å². The highest BCUT2D eigenvalue weighted by molar-refractivity contribution is 5.97. The van der Waals surface area contributed by atoms with Crippen LogP contribution in [0.5, 0.6) is 5.75 Å². The van der Waals surface area contributed by atoms with Gasteiger partial charge in [0.1, 0.15) is 5.75 Å². The Balaban J connectivity index is 1.59. The number of carbonyl (C=O) groups excluding carboxylic acids is 2. The summed E-state index contributed by atoms with van der Waals surface area (Å²) in [6, 6.07) is 14.5. The van der Waals surface area contributed by atoms with E-state index >= 15 is 0 Å². The fraction of sp³-hybridized carbons (Fsp3) is 0.300. The number of anilines is 2. The number of amides is 3. The SMILES string of the molecule is CCOc1ccc(N2C[C@@H](NC(=O)Nc3ccccc3C)CC2=O)cc1. The van der Waals surface area contributed by atoms with Gasteiger partial charge < -0.3 is 20.3 Å². The zero-order valence-electron chi connectivity index (χ0n) is 15.0. The Labute approximate surface area is 153 Å². The highest BCUT2D eigenvalue weighted by Gasteiger charge is 2.31. The minimum Gasteiger partial charge on any atom is -0.494 e. The molecule has 2 aromatic carbocycles. The second-order valence-electron chi connectivity index (χ2n) is 6.25. The summed E-state index contributed by atoms with van der Waals surface area (Å²) in [7, 11) is 0. The lowest BCUT2D eigenvalue weighted by Crippen LogP contribution is -2.39. The van der Waals surface area contributed by atoms with Crippen LogP contribution in [-0.4, -0.2) is 31.1 Å². The first-order chi connectivity index (χ1) is 12.6. The molecule has 0 bridgehead atoms. The predicted octanol–water partition coefficient (Wildman–Crippen LogP) is 3.32. The summed E-state index contributed by atoms with van der Waals surface area (Å²) in [6.07, 6.45) is 0.286. The van der Waals surface area contributed by atoms with Crippen LogP contribution in [-0.2, 0) is 4.79 Å². The van der Waals surface area contributed by atoms with E-state index in [-0.39, 0.29) is 24.4 Å². The number of nitrogens with one attached hydrogen (secondary N) is 2. The molecule has 1 atom stereocenters. The van der Waals surface area contributed by atoms with Crippen LogP contribution in [0.1, 0.15) is 18.9 Å². The van der Waals surface area contributed by atoms with E-state index in [1.807, 2.05) is 62.4 Å². The molecule has 0 unspecified atom stereocenters. The second-order valence-corrected chi connectivity index (χ2v) is 6.25. The lowest BCUT2D eigenvalue weighted by molar-refractivity contribution is -0.117. The van der Waals surface area contributed by atoms with Gasteiger partial charge in [0.05, 0.1) is 12.6 Å². The van der Waals surface area contributed by atoms with Gasteiger partial charge in [-0.15, -0.1) is 0 Å². The summed E-state index contributed by atoms with van der Waals surface area (Å²) >= 11 is 0. The van der Waals surface area contributed by atoms with Crippen molar-refractivity contribution in [3.05, 3.63) is 54.1 Å². The number of carbonyl (C=O) groups is 2. The summed E-state index contributed by atoms with van der Waals surface area (Å²) in [5, 5.41) is 5.71. The highest BCUT2D eigenvalue weighted by Crippen LogP contribution is 2.24. The lowest BCUT2D eigenvalue weighted by atomic mass is 10.2. The van der Waals surface area contributed by atoms with Crippen molar-refractivity contribution in [3.8, 4) is 5.75 Å². The second kappa shape index (κ2) is 7.91. The number of ether oxygens (including phenoxy) is 1. The molecule has 0 spiro atoms. The van der Waals surface area contributed by atoms with Gasteiger partial charge in [0, 0.05) is 24.3 Å². The Morgan fingerprint density at radius 3 is 2.62 bits per heavy atom. The average Bonchev–Trinajstić information content (AvgIpc) is 2.98. The van der Waals surface area contributed by atoms with Gasteiger partial charge in [-0.2, -0.15) is 0 Å². The Kier molecular flexibility index (Phi) is 5.41. The molecule has 1 aliphatic rings. The molecule has 2 aromatic rings. The molecule has 0 aliphatic carbocycles.